The minimum atomic E-state index is -3.17. The maximum Gasteiger partial charge on any atom is 0.197 e. The van der Waals surface area contributed by atoms with Crippen LogP contribution in [0.3, 0.4) is 0 Å². The second kappa shape index (κ2) is 5.83. The maximum absolute atomic E-state index is 11.8. The Bertz CT molecular complexity index is 558. The molecule has 1 aliphatic rings. The van der Waals surface area contributed by atoms with Crippen molar-refractivity contribution >= 4 is 33.2 Å². The molecule has 104 valence electrons. The fourth-order valence-corrected chi connectivity index (χ4v) is 4.72. The molecule has 0 bridgehead atoms. The van der Waals surface area contributed by atoms with Gasteiger partial charge in [-0.2, -0.15) is 11.8 Å². The number of guanidine groups is 1. The van der Waals surface area contributed by atoms with Gasteiger partial charge in [0.25, 0.3) is 0 Å². The highest BCUT2D eigenvalue weighted by atomic mass is 32.2. The van der Waals surface area contributed by atoms with E-state index in [-0.39, 0.29) is 5.96 Å². The first-order valence-corrected chi connectivity index (χ1v) is 9.02. The van der Waals surface area contributed by atoms with Crippen molar-refractivity contribution in [3.05, 3.63) is 30.3 Å². The molecule has 0 saturated carbocycles. The average Bonchev–Trinajstić information content (AvgIpc) is 2.39. The summed E-state index contributed by atoms with van der Waals surface area (Å²) in [7, 11) is -3.17. The fraction of sp³-hybridized carbons (Fsp3) is 0.417. The van der Waals surface area contributed by atoms with Gasteiger partial charge >= 0.3 is 0 Å². The normalized spacial score (nSPS) is 21.4. The van der Waals surface area contributed by atoms with Crippen LogP contribution in [0.5, 0.6) is 0 Å². The number of hydrogen-bond donors (Lipinski definition) is 1. The van der Waals surface area contributed by atoms with Gasteiger partial charge in [0, 0.05) is 24.3 Å². The van der Waals surface area contributed by atoms with Crippen LogP contribution in [0.4, 0.5) is 5.69 Å². The Morgan fingerprint density at radius 3 is 2.74 bits per heavy atom. The summed E-state index contributed by atoms with van der Waals surface area (Å²) in [4.78, 5) is 5.97. The smallest absolute Gasteiger partial charge is 0.197 e. The molecule has 2 N–H and O–H groups in total. The minimum Gasteiger partial charge on any atom is -0.369 e. The first-order valence-electron chi connectivity index (χ1n) is 5.91. The van der Waals surface area contributed by atoms with Gasteiger partial charge in [-0.05, 0) is 12.1 Å². The van der Waals surface area contributed by atoms with Gasteiger partial charge in [-0.25, -0.2) is 13.4 Å². The second-order valence-electron chi connectivity index (χ2n) is 4.36. The third-order valence-electron chi connectivity index (χ3n) is 2.87. The Kier molecular flexibility index (Phi) is 4.36. The Hall–Kier alpha value is -1.21. The summed E-state index contributed by atoms with van der Waals surface area (Å²) < 4.78 is 23.6. The summed E-state index contributed by atoms with van der Waals surface area (Å²) in [5.41, 5.74) is 6.70. The zero-order valence-electron chi connectivity index (χ0n) is 10.7. The molecule has 1 aliphatic heterocycles. The molecule has 0 spiro atoms. The van der Waals surface area contributed by atoms with E-state index in [1.54, 1.807) is 16.7 Å². The number of aliphatic imine (C=N–C) groups is 1. The van der Waals surface area contributed by atoms with Crippen LogP contribution in [0.2, 0.25) is 0 Å². The fourth-order valence-electron chi connectivity index (χ4n) is 1.90. The zero-order valence-corrected chi connectivity index (χ0v) is 12.3. The largest absolute Gasteiger partial charge is 0.369 e. The lowest BCUT2D eigenvalue weighted by Crippen LogP contribution is -2.52. The van der Waals surface area contributed by atoms with Crippen LogP contribution in [0.15, 0.2) is 35.3 Å². The highest BCUT2D eigenvalue weighted by Crippen LogP contribution is 2.21. The van der Waals surface area contributed by atoms with E-state index in [9.17, 15) is 8.42 Å². The van der Waals surface area contributed by atoms with E-state index in [4.69, 9.17) is 5.73 Å². The van der Waals surface area contributed by atoms with Crippen molar-refractivity contribution in [1.82, 2.24) is 4.90 Å². The van der Waals surface area contributed by atoms with Gasteiger partial charge in [-0.15, -0.1) is 0 Å². The van der Waals surface area contributed by atoms with Gasteiger partial charge in [0.15, 0.2) is 15.8 Å². The molecular weight excluding hydrogens is 282 g/mol. The molecule has 1 heterocycles. The number of nitrogens with zero attached hydrogens (tertiary/aromatic N) is 2. The molecule has 7 heteroatoms. The second-order valence-corrected chi connectivity index (χ2v) is 7.71. The average molecular weight is 299 g/mol. The van der Waals surface area contributed by atoms with E-state index in [2.05, 4.69) is 4.99 Å². The molecule has 1 atom stereocenters. The van der Waals surface area contributed by atoms with Crippen LogP contribution in [0.1, 0.15) is 0 Å². The summed E-state index contributed by atoms with van der Waals surface area (Å²) in [5, 5.41) is -0.585. The molecule has 1 aromatic carbocycles. The van der Waals surface area contributed by atoms with Crippen LogP contribution in [-0.4, -0.2) is 49.0 Å². The molecule has 2 rings (SSSR count). The van der Waals surface area contributed by atoms with E-state index in [0.717, 1.165) is 11.4 Å². The summed E-state index contributed by atoms with van der Waals surface area (Å²) >= 11 is 1.63. The number of benzene rings is 1. The standard InChI is InChI=1S/C12H17N3O2S2/c1-19(16,17)11-9-18-8-7-15(11)12(13)14-10-5-3-2-4-6-10/h2-6,11H,7-9H2,1H3,(H2,13,14). The first-order chi connectivity index (χ1) is 8.98. The molecule has 0 radical (unpaired) electrons. The van der Waals surface area contributed by atoms with Gasteiger partial charge in [0.05, 0.1) is 5.69 Å². The van der Waals surface area contributed by atoms with Crippen LogP contribution in [0, 0.1) is 0 Å². The number of sulfone groups is 1. The predicted octanol–water partition coefficient (Wildman–Crippen LogP) is 1.05. The molecule has 0 aliphatic carbocycles. The van der Waals surface area contributed by atoms with Crippen molar-refractivity contribution in [2.45, 2.75) is 5.37 Å². The summed E-state index contributed by atoms with van der Waals surface area (Å²) in [5.74, 6) is 1.66. The van der Waals surface area contributed by atoms with Crippen LogP contribution < -0.4 is 5.73 Å². The van der Waals surface area contributed by atoms with Crippen LogP contribution in [0.25, 0.3) is 0 Å². The van der Waals surface area contributed by atoms with Gasteiger partial charge < -0.3 is 10.6 Å². The molecule has 1 aromatic rings. The lowest BCUT2D eigenvalue weighted by atomic mass is 10.3. The summed E-state index contributed by atoms with van der Waals surface area (Å²) in [6.45, 7) is 0.602. The van der Waals surface area contributed by atoms with E-state index in [1.165, 1.54) is 6.26 Å². The molecular formula is C12H17N3O2S2. The molecule has 19 heavy (non-hydrogen) atoms. The molecule has 0 aromatic heterocycles. The summed E-state index contributed by atoms with van der Waals surface area (Å²) in [6.07, 6.45) is 1.24. The highest BCUT2D eigenvalue weighted by molar-refractivity contribution is 8.00. The van der Waals surface area contributed by atoms with Gasteiger partial charge in [-0.1, -0.05) is 18.2 Å². The van der Waals surface area contributed by atoms with Crippen LogP contribution >= 0.6 is 11.8 Å². The van der Waals surface area contributed by atoms with E-state index in [1.807, 2.05) is 30.3 Å². The predicted molar refractivity (Wildman–Crippen MR) is 80.4 cm³/mol. The first kappa shape index (κ1) is 14.2. The third-order valence-corrected chi connectivity index (χ3v) is 5.52. The quantitative estimate of drug-likeness (QED) is 0.652. The lowest BCUT2D eigenvalue weighted by Gasteiger charge is -2.34. The Balaban J connectivity index is 2.25. The Labute approximate surface area is 117 Å². The van der Waals surface area contributed by atoms with Crippen molar-refractivity contribution in [3.63, 3.8) is 0 Å². The van der Waals surface area contributed by atoms with Gasteiger partial charge in [0.2, 0.25) is 0 Å². The van der Waals surface area contributed by atoms with E-state index < -0.39 is 15.2 Å². The molecule has 5 nitrogen and oxygen atoms in total. The molecule has 1 unspecified atom stereocenters. The Morgan fingerprint density at radius 2 is 2.11 bits per heavy atom. The van der Waals surface area contributed by atoms with Crippen LogP contribution in [-0.2, 0) is 9.84 Å². The third kappa shape index (κ3) is 3.63. The number of thioether (sulfide) groups is 1. The van der Waals surface area contributed by atoms with E-state index >= 15 is 0 Å². The molecule has 0 amide bonds. The monoisotopic (exact) mass is 299 g/mol. The molecule has 1 saturated heterocycles. The topological polar surface area (TPSA) is 75.8 Å². The van der Waals surface area contributed by atoms with Crippen molar-refractivity contribution in [2.75, 3.05) is 24.3 Å². The number of hydrogen-bond acceptors (Lipinski definition) is 4. The maximum atomic E-state index is 11.8. The van der Waals surface area contributed by atoms with Crippen molar-refractivity contribution < 1.29 is 8.42 Å². The molecule has 1 fully saturated rings. The highest BCUT2D eigenvalue weighted by Gasteiger charge is 2.32. The van der Waals surface area contributed by atoms with Crippen molar-refractivity contribution in [1.29, 1.82) is 0 Å². The zero-order chi connectivity index (χ0) is 13.9. The van der Waals surface area contributed by atoms with Crippen molar-refractivity contribution in [2.24, 2.45) is 10.7 Å². The van der Waals surface area contributed by atoms with E-state index in [0.29, 0.717) is 12.3 Å². The summed E-state index contributed by atoms with van der Waals surface area (Å²) in [6, 6.07) is 9.30. The lowest BCUT2D eigenvalue weighted by molar-refractivity contribution is 0.406. The number of para-hydroxylation sites is 1. The Morgan fingerprint density at radius 1 is 1.42 bits per heavy atom. The van der Waals surface area contributed by atoms with Gasteiger partial charge in [-0.3, -0.25) is 0 Å². The minimum absolute atomic E-state index is 0.266. The van der Waals surface area contributed by atoms with Crippen molar-refractivity contribution in [3.8, 4) is 0 Å². The number of nitrogens with two attached hydrogens (primary N) is 1. The number of rotatable bonds is 2. The van der Waals surface area contributed by atoms with Gasteiger partial charge in [0.1, 0.15) is 5.37 Å². The SMILES string of the molecule is CS(=O)(=O)C1CSCCN1C(N)=Nc1ccccc1.